The summed E-state index contributed by atoms with van der Waals surface area (Å²) >= 11 is 2.11. The summed E-state index contributed by atoms with van der Waals surface area (Å²) in [4.78, 5) is 0. The molecule has 1 atom stereocenters. The van der Waals surface area contributed by atoms with Gasteiger partial charge < -0.3 is 5.32 Å². The summed E-state index contributed by atoms with van der Waals surface area (Å²) in [5.41, 5.74) is 0.777. The summed E-state index contributed by atoms with van der Waals surface area (Å²) < 4.78 is 0.679. The first-order valence-corrected chi connectivity index (χ1v) is 6.32. The van der Waals surface area contributed by atoms with Gasteiger partial charge in [-0.25, -0.2) is 0 Å². The first kappa shape index (κ1) is 7.69. The van der Waals surface area contributed by atoms with Crippen LogP contribution in [-0.4, -0.2) is 23.6 Å². The van der Waals surface area contributed by atoms with E-state index in [9.17, 15) is 0 Å². The zero-order valence-electron chi connectivity index (χ0n) is 7.73. The van der Waals surface area contributed by atoms with Gasteiger partial charge in [-0.1, -0.05) is 6.42 Å². The SMILES string of the molecule is CSC1(C2NCC23CCC3)CC1. The molecule has 3 rings (SSSR count). The van der Waals surface area contributed by atoms with Gasteiger partial charge in [0.05, 0.1) is 0 Å². The van der Waals surface area contributed by atoms with E-state index < -0.39 is 0 Å². The average molecular weight is 183 g/mol. The van der Waals surface area contributed by atoms with E-state index in [2.05, 4.69) is 23.3 Å². The van der Waals surface area contributed by atoms with Crippen LogP contribution in [0.3, 0.4) is 0 Å². The Kier molecular flexibility index (Phi) is 1.42. The van der Waals surface area contributed by atoms with E-state index in [1.807, 2.05) is 0 Å². The Hall–Kier alpha value is 0.310. The van der Waals surface area contributed by atoms with E-state index in [0.29, 0.717) is 4.75 Å². The second kappa shape index (κ2) is 2.21. The van der Waals surface area contributed by atoms with Gasteiger partial charge in [-0.2, -0.15) is 11.8 Å². The molecule has 3 fully saturated rings. The van der Waals surface area contributed by atoms with Crippen LogP contribution >= 0.6 is 11.8 Å². The Morgan fingerprint density at radius 3 is 2.25 bits per heavy atom. The molecule has 0 aromatic carbocycles. The van der Waals surface area contributed by atoms with E-state index >= 15 is 0 Å². The van der Waals surface area contributed by atoms with Crippen molar-refractivity contribution in [2.24, 2.45) is 5.41 Å². The summed E-state index contributed by atoms with van der Waals surface area (Å²) in [5.74, 6) is 0. The standard InChI is InChI=1S/C10H17NS/c1-12-10(5-6-10)8-9(7-11-8)3-2-4-9/h8,11H,2-7H2,1H3. The van der Waals surface area contributed by atoms with Crippen molar-refractivity contribution in [3.8, 4) is 0 Å². The highest BCUT2D eigenvalue weighted by Gasteiger charge is 2.63. The van der Waals surface area contributed by atoms with Crippen LogP contribution in [-0.2, 0) is 0 Å². The minimum absolute atomic E-state index is 0.679. The molecule has 1 spiro atoms. The third-order valence-electron chi connectivity index (χ3n) is 4.30. The molecule has 0 amide bonds. The van der Waals surface area contributed by atoms with Gasteiger partial charge in [0.2, 0.25) is 0 Å². The average Bonchev–Trinajstić information content (AvgIpc) is 2.64. The maximum Gasteiger partial charge on any atom is 0.0317 e. The Morgan fingerprint density at radius 1 is 1.25 bits per heavy atom. The lowest BCUT2D eigenvalue weighted by molar-refractivity contribution is -0.00870. The van der Waals surface area contributed by atoms with Crippen molar-refractivity contribution in [2.75, 3.05) is 12.8 Å². The molecule has 1 heterocycles. The summed E-state index contributed by atoms with van der Waals surface area (Å²) in [6, 6.07) is 0.883. The molecule has 2 aliphatic carbocycles. The number of rotatable bonds is 2. The van der Waals surface area contributed by atoms with Gasteiger partial charge >= 0.3 is 0 Å². The molecular formula is C10H17NS. The Labute approximate surface area is 78.7 Å². The Bertz CT molecular complexity index is 195. The van der Waals surface area contributed by atoms with E-state index in [1.165, 1.54) is 38.6 Å². The molecule has 2 saturated carbocycles. The predicted molar refractivity (Wildman–Crippen MR) is 53.6 cm³/mol. The summed E-state index contributed by atoms with van der Waals surface area (Å²) in [6.45, 7) is 1.32. The van der Waals surface area contributed by atoms with Crippen molar-refractivity contribution in [3.63, 3.8) is 0 Å². The first-order valence-electron chi connectivity index (χ1n) is 5.10. The van der Waals surface area contributed by atoms with E-state index in [4.69, 9.17) is 0 Å². The Balaban J connectivity index is 1.77. The minimum Gasteiger partial charge on any atom is -0.311 e. The molecule has 0 radical (unpaired) electrons. The second-order valence-corrected chi connectivity index (χ2v) is 6.02. The van der Waals surface area contributed by atoms with Crippen LogP contribution in [0.4, 0.5) is 0 Å². The van der Waals surface area contributed by atoms with Gasteiger partial charge in [0.15, 0.2) is 0 Å². The molecular weight excluding hydrogens is 166 g/mol. The fraction of sp³-hybridized carbons (Fsp3) is 1.00. The smallest absolute Gasteiger partial charge is 0.0317 e. The summed E-state index contributed by atoms with van der Waals surface area (Å²) in [7, 11) is 0. The number of hydrogen-bond acceptors (Lipinski definition) is 2. The van der Waals surface area contributed by atoms with Gasteiger partial charge in [-0.05, 0) is 37.4 Å². The minimum atomic E-state index is 0.679. The first-order chi connectivity index (χ1) is 5.81. The molecule has 1 aliphatic heterocycles. The zero-order valence-corrected chi connectivity index (χ0v) is 8.54. The quantitative estimate of drug-likeness (QED) is 0.703. The van der Waals surface area contributed by atoms with E-state index in [1.54, 1.807) is 0 Å². The lowest BCUT2D eigenvalue weighted by atomic mass is 9.58. The zero-order chi connectivity index (χ0) is 8.23. The number of thioether (sulfide) groups is 1. The van der Waals surface area contributed by atoms with Crippen LogP contribution in [0.15, 0.2) is 0 Å². The highest BCUT2D eigenvalue weighted by molar-refractivity contribution is 8.00. The second-order valence-electron chi connectivity index (χ2n) is 4.80. The summed E-state index contributed by atoms with van der Waals surface area (Å²) in [6.07, 6.45) is 9.73. The molecule has 0 bridgehead atoms. The van der Waals surface area contributed by atoms with Gasteiger partial charge in [0.1, 0.15) is 0 Å². The molecule has 0 aromatic heterocycles. The van der Waals surface area contributed by atoms with Crippen LogP contribution in [0.5, 0.6) is 0 Å². The van der Waals surface area contributed by atoms with Crippen molar-refractivity contribution in [1.82, 2.24) is 5.32 Å². The van der Waals surface area contributed by atoms with Crippen molar-refractivity contribution < 1.29 is 0 Å². The topological polar surface area (TPSA) is 12.0 Å². The van der Waals surface area contributed by atoms with Crippen LogP contribution in [0.1, 0.15) is 32.1 Å². The summed E-state index contributed by atoms with van der Waals surface area (Å²) in [5, 5.41) is 3.67. The lowest BCUT2D eigenvalue weighted by Gasteiger charge is -2.59. The molecule has 1 nitrogen and oxygen atoms in total. The predicted octanol–water partition coefficient (Wildman–Crippen LogP) is 2.02. The lowest BCUT2D eigenvalue weighted by Crippen LogP contribution is -2.70. The number of nitrogens with one attached hydrogen (secondary N) is 1. The highest BCUT2D eigenvalue weighted by atomic mass is 32.2. The number of hydrogen-bond donors (Lipinski definition) is 1. The Morgan fingerprint density at radius 2 is 2.00 bits per heavy atom. The van der Waals surface area contributed by atoms with Crippen LogP contribution in [0, 0.1) is 5.41 Å². The van der Waals surface area contributed by atoms with Gasteiger partial charge in [0.25, 0.3) is 0 Å². The largest absolute Gasteiger partial charge is 0.311 e. The fourth-order valence-electron chi connectivity index (χ4n) is 3.07. The van der Waals surface area contributed by atoms with E-state index in [-0.39, 0.29) is 0 Å². The van der Waals surface area contributed by atoms with Crippen molar-refractivity contribution in [3.05, 3.63) is 0 Å². The maximum atomic E-state index is 3.67. The molecule has 0 aromatic rings. The van der Waals surface area contributed by atoms with Crippen LogP contribution in [0.2, 0.25) is 0 Å². The van der Waals surface area contributed by atoms with Crippen LogP contribution < -0.4 is 5.32 Å². The van der Waals surface area contributed by atoms with Crippen molar-refractivity contribution in [2.45, 2.75) is 42.9 Å². The van der Waals surface area contributed by atoms with Crippen LogP contribution in [0.25, 0.3) is 0 Å². The fourth-order valence-corrected chi connectivity index (χ4v) is 4.15. The highest BCUT2D eigenvalue weighted by Crippen LogP contribution is 2.61. The molecule has 12 heavy (non-hydrogen) atoms. The third-order valence-corrected chi connectivity index (χ3v) is 5.75. The molecule has 1 unspecified atom stereocenters. The third kappa shape index (κ3) is 0.759. The maximum absolute atomic E-state index is 3.67. The molecule has 1 N–H and O–H groups in total. The monoisotopic (exact) mass is 183 g/mol. The van der Waals surface area contributed by atoms with Crippen molar-refractivity contribution >= 4 is 11.8 Å². The van der Waals surface area contributed by atoms with E-state index in [0.717, 1.165) is 11.5 Å². The van der Waals surface area contributed by atoms with Gasteiger partial charge in [0, 0.05) is 17.3 Å². The molecule has 68 valence electrons. The molecule has 1 saturated heterocycles. The molecule has 3 aliphatic rings. The molecule has 2 heteroatoms. The van der Waals surface area contributed by atoms with Gasteiger partial charge in [-0.3, -0.25) is 0 Å². The van der Waals surface area contributed by atoms with Crippen molar-refractivity contribution in [1.29, 1.82) is 0 Å². The van der Waals surface area contributed by atoms with Gasteiger partial charge in [-0.15, -0.1) is 0 Å². The normalized spacial score (nSPS) is 40.2.